The van der Waals surface area contributed by atoms with Crippen LogP contribution in [0.15, 0.2) is 80.5 Å². The van der Waals surface area contributed by atoms with E-state index in [1.165, 1.54) is 9.79 Å². The second kappa shape index (κ2) is 6.07. The molecule has 0 fully saturated rings. The molecule has 0 spiro atoms. The minimum Gasteiger partial charge on any atom is -0.338 e. The van der Waals surface area contributed by atoms with E-state index in [9.17, 15) is 4.79 Å². The molecule has 0 unspecified atom stereocenters. The largest absolute Gasteiger partial charge is 0.338 e. The van der Waals surface area contributed by atoms with Crippen molar-refractivity contribution in [1.29, 1.82) is 0 Å². The van der Waals surface area contributed by atoms with Crippen LogP contribution in [-0.4, -0.2) is 19.9 Å². The summed E-state index contributed by atoms with van der Waals surface area (Å²) >= 11 is 3.27. The first-order valence-corrected chi connectivity index (χ1v) is 9.25. The van der Waals surface area contributed by atoms with Crippen LogP contribution in [0.1, 0.15) is 0 Å². The van der Waals surface area contributed by atoms with E-state index < -0.39 is 0 Å². The van der Waals surface area contributed by atoms with Crippen LogP contribution in [0.25, 0.3) is 0 Å². The first-order chi connectivity index (χ1) is 11.6. The Morgan fingerprint density at radius 3 is 1.62 bits per heavy atom. The van der Waals surface area contributed by atoms with Crippen molar-refractivity contribution in [2.75, 3.05) is 23.9 Å². The molecule has 2 aromatic rings. The molecule has 2 aromatic carbocycles. The molecule has 0 N–H and O–H groups in total. The molecule has 3 nitrogen and oxygen atoms in total. The Morgan fingerprint density at radius 2 is 1.21 bits per heavy atom. The smallest absolute Gasteiger partial charge is 0.183 e. The summed E-state index contributed by atoms with van der Waals surface area (Å²) in [6.45, 7) is 0. The number of benzene rings is 2. The molecule has 2 aliphatic rings. The molecule has 0 aromatic heterocycles. The van der Waals surface area contributed by atoms with Crippen molar-refractivity contribution in [2.45, 2.75) is 9.79 Å². The highest BCUT2D eigenvalue weighted by Crippen LogP contribution is 2.46. The van der Waals surface area contributed by atoms with Gasteiger partial charge in [-0.3, -0.25) is 4.79 Å². The maximum atomic E-state index is 12.5. The average Bonchev–Trinajstić information content (AvgIpc) is 3.06. The summed E-state index contributed by atoms with van der Waals surface area (Å²) in [6, 6.07) is 16.4. The summed E-state index contributed by atoms with van der Waals surface area (Å²) in [5.41, 5.74) is 2.29. The zero-order chi connectivity index (χ0) is 16.7. The first kappa shape index (κ1) is 15.4. The number of carbonyl (C=O) groups is 1. The molecule has 0 amide bonds. The lowest BCUT2D eigenvalue weighted by atomic mass is 10.3. The molecule has 0 bridgehead atoms. The van der Waals surface area contributed by atoms with Crippen LogP contribution in [0.4, 0.5) is 11.4 Å². The summed E-state index contributed by atoms with van der Waals surface area (Å²) in [7, 11) is 3.99. The van der Waals surface area contributed by atoms with E-state index in [2.05, 4.69) is 34.1 Å². The van der Waals surface area contributed by atoms with Crippen LogP contribution in [0, 0.1) is 0 Å². The molecule has 2 aliphatic heterocycles. The van der Waals surface area contributed by atoms with Gasteiger partial charge in [-0.2, -0.15) is 0 Å². The molecule has 0 saturated heterocycles. The maximum Gasteiger partial charge on any atom is 0.183 e. The highest BCUT2D eigenvalue weighted by atomic mass is 32.2. The molecule has 2 heterocycles. The van der Waals surface area contributed by atoms with E-state index in [0.29, 0.717) is 0 Å². The number of fused-ring (bicyclic) bond motifs is 2. The number of anilines is 2. The SMILES string of the molecule is CN1/C(=C/C(=O)/C=C2/Sc3ccccc3N2C)Sc2ccccc21. The molecule has 120 valence electrons. The number of nitrogens with zero attached hydrogens (tertiary/aromatic N) is 2. The Bertz CT molecular complexity index is 817. The number of ketones is 1. The summed E-state index contributed by atoms with van der Waals surface area (Å²) in [4.78, 5) is 19.0. The topological polar surface area (TPSA) is 23.6 Å². The zero-order valence-corrected chi connectivity index (χ0v) is 15.0. The van der Waals surface area contributed by atoms with Gasteiger partial charge in [0.15, 0.2) is 5.78 Å². The van der Waals surface area contributed by atoms with E-state index in [4.69, 9.17) is 0 Å². The third kappa shape index (κ3) is 2.64. The average molecular weight is 352 g/mol. The quantitative estimate of drug-likeness (QED) is 0.728. The molecule has 5 heteroatoms. The van der Waals surface area contributed by atoms with E-state index in [1.54, 1.807) is 35.7 Å². The standard InChI is InChI=1S/C19H16N2OS2/c1-20-14-7-3-5-9-16(14)23-18(20)11-13(22)12-19-21(2)15-8-4-6-10-17(15)24-19/h3-12H,1-2H3/b18-11-,19-12+. The fourth-order valence-electron chi connectivity index (χ4n) is 2.78. The van der Waals surface area contributed by atoms with Gasteiger partial charge in [-0.05, 0) is 24.3 Å². The second-order valence-corrected chi connectivity index (χ2v) is 7.75. The lowest BCUT2D eigenvalue weighted by molar-refractivity contribution is -0.110. The molecule has 4 rings (SSSR count). The number of thioether (sulfide) groups is 2. The van der Waals surface area contributed by atoms with Crippen LogP contribution < -0.4 is 9.80 Å². The van der Waals surface area contributed by atoms with E-state index in [0.717, 1.165) is 21.4 Å². The highest BCUT2D eigenvalue weighted by Gasteiger charge is 2.24. The van der Waals surface area contributed by atoms with E-state index in [1.807, 2.05) is 38.4 Å². The van der Waals surface area contributed by atoms with Gasteiger partial charge < -0.3 is 9.80 Å². The van der Waals surface area contributed by atoms with Crippen molar-refractivity contribution < 1.29 is 4.79 Å². The Hall–Kier alpha value is -2.11. The lowest BCUT2D eigenvalue weighted by Gasteiger charge is -2.14. The lowest BCUT2D eigenvalue weighted by Crippen LogP contribution is -2.12. The minimum absolute atomic E-state index is 0.0133. The Balaban J connectivity index is 1.56. The molecule has 0 radical (unpaired) electrons. The van der Waals surface area contributed by atoms with Gasteiger partial charge in [-0.15, -0.1) is 0 Å². The Kier molecular flexibility index (Phi) is 3.90. The fourth-order valence-corrected chi connectivity index (χ4v) is 4.96. The van der Waals surface area contributed by atoms with Crippen molar-refractivity contribution in [3.63, 3.8) is 0 Å². The maximum absolute atomic E-state index is 12.5. The van der Waals surface area contributed by atoms with Crippen LogP contribution in [0.3, 0.4) is 0 Å². The van der Waals surface area contributed by atoms with Crippen LogP contribution >= 0.6 is 23.5 Å². The van der Waals surface area contributed by atoms with Gasteiger partial charge in [-0.1, -0.05) is 47.8 Å². The number of hydrogen-bond donors (Lipinski definition) is 0. The number of allylic oxidation sites excluding steroid dienone is 2. The molecule has 0 aliphatic carbocycles. The zero-order valence-electron chi connectivity index (χ0n) is 13.4. The van der Waals surface area contributed by atoms with Gasteiger partial charge >= 0.3 is 0 Å². The van der Waals surface area contributed by atoms with Gasteiger partial charge in [0.2, 0.25) is 0 Å². The number of rotatable bonds is 2. The summed E-state index contributed by atoms with van der Waals surface area (Å²) < 4.78 is 0. The normalized spacial score (nSPS) is 19.1. The van der Waals surface area contributed by atoms with Crippen molar-refractivity contribution in [1.82, 2.24) is 0 Å². The van der Waals surface area contributed by atoms with Crippen molar-refractivity contribution >= 4 is 40.7 Å². The molecule has 0 saturated carbocycles. The fraction of sp³-hybridized carbons (Fsp3) is 0.105. The van der Waals surface area contributed by atoms with Gasteiger partial charge in [-0.25, -0.2) is 0 Å². The summed E-state index contributed by atoms with van der Waals surface area (Å²) in [5, 5.41) is 1.92. The number of carbonyl (C=O) groups excluding carboxylic acids is 1. The third-order valence-corrected chi connectivity index (χ3v) is 6.41. The minimum atomic E-state index is 0.0133. The van der Waals surface area contributed by atoms with Crippen LogP contribution in [-0.2, 0) is 4.79 Å². The number of hydrogen-bond acceptors (Lipinski definition) is 5. The molecule has 24 heavy (non-hydrogen) atoms. The van der Waals surface area contributed by atoms with Gasteiger partial charge in [0, 0.05) is 36.0 Å². The van der Waals surface area contributed by atoms with E-state index >= 15 is 0 Å². The van der Waals surface area contributed by atoms with Crippen LogP contribution in [0.5, 0.6) is 0 Å². The molecular formula is C19H16N2OS2. The molecular weight excluding hydrogens is 336 g/mol. The monoisotopic (exact) mass is 352 g/mol. The third-order valence-electron chi connectivity index (χ3n) is 4.07. The van der Waals surface area contributed by atoms with E-state index in [-0.39, 0.29) is 5.78 Å². The van der Waals surface area contributed by atoms with Crippen molar-refractivity contribution in [3.05, 3.63) is 70.7 Å². The molecule has 0 atom stereocenters. The van der Waals surface area contributed by atoms with Crippen LogP contribution in [0.2, 0.25) is 0 Å². The predicted octanol–water partition coefficient (Wildman–Crippen LogP) is 4.72. The van der Waals surface area contributed by atoms with Gasteiger partial charge in [0.05, 0.1) is 21.4 Å². The first-order valence-electron chi connectivity index (χ1n) is 7.62. The van der Waals surface area contributed by atoms with Crippen molar-refractivity contribution in [2.24, 2.45) is 0 Å². The predicted molar refractivity (Wildman–Crippen MR) is 103 cm³/mol. The Labute approximate surface area is 150 Å². The summed E-state index contributed by atoms with van der Waals surface area (Å²) in [5.74, 6) is 0.0133. The highest BCUT2D eigenvalue weighted by molar-refractivity contribution is 8.04. The second-order valence-electron chi connectivity index (χ2n) is 5.63. The Morgan fingerprint density at radius 1 is 0.792 bits per heavy atom. The van der Waals surface area contributed by atoms with Gasteiger partial charge in [0.25, 0.3) is 0 Å². The number of para-hydroxylation sites is 2. The summed E-state index contributed by atoms with van der Waals surface area (Å²) in [6.07, 6.45) is 3.43. The van der Waals surface area contributed by atoms with Gasteiger partial charge in [0.1, 0.15) is 0 Å². The van der Waals surface area contributed by atoms with Crippen molar-refractivity contribution in [3.8, 4) is 0 Å².